The van der Waals surface area contributed by atoms with E-state index in [2.05, 4.69) is 4.72 Å². The van der Waals surface area contributed by atoms with Crippen LogP contribution in [-0.2, 0) is 11.4 Å². The highest BCUT2D eigenvalue weighted by Gasteiger charge is 2.29. The van der Waals surface area contributed by atoms with E-state index in [9.17, 15) is 13.3 Å². The molecule has 0 fully saturated rings. The van der Waals surface area contributed by atoms with Crippen LogP contribution in [0.25, 0.3) is 0 Å². The molecule has 5 heteroatoms. The highest BCUT2D eigenvalue weighted by Crippen LogP contribution is 2.28. The van der Waals surface area contributed by atoms with Gasteiger partial charge in [0.2, 0.25) is 0 Å². The summed E-state index contributed by atoms with van der Waals surface area (Å²) in [6.45, 7) is 7.25. The Kier molecular flexibility index (Phi) is 5.13. The Morgan fingerprint density at radius 1 is 1.17 bits per heavy atom. The van der Waals surface area contributed by atoms with Gasteiger partial charge in [0, 0.05) is 16.9 Å². The van der Waals surface area contributed by atoms with E-state index in [1.807, 2.05) is 20.8 Å². The van der Waals surface area contributed by atoms with Gasteiger partial charge in [0.15, 0.2) is 0 Å². The molecule has 0 spiro atoms. The summed E-state index contributed by atoms with van der Waals surface area (Å²) >= 11 is -1.28. The molecule has 0 aliphatic carbocycles. The van der Waals surface area contributed by atoms with Crippen molar-refractivity contribution in [1.29, 1.82) is 0 Å². The fourth-order valence-corrected chi connectivity index (χ4v) is 2.31. The average molecular weight is 275 g/mol. The second kappa shape index (κ2) is 5.99. The van der Waals surface area contributed by atoms with Crippen LogP contribution in [0.2, 0.25) is 0 Å². The van der Waals surface area contributed by atoms with E-state index in [0.29, 0.717) is 5.56 Å². The lowest BCUT2D eigenvalue weighted by Crippen LogP contribution is -2.40. The smallest absolute Gasteiger partial charge is 0.264 e. The van der Waals surface area contributed by atoms with E-state index in [1.165, 1.54) is 6.07 Å². The van der Waals surface area contributed by atoms with Gasteiger partial charge in [0.05, 0.1) is 6.04 Å². The van der Waals surface area contributed by atoms with Crippen molar-refractivity contribution in [1.82, 2.24) is 4.72 Å². The summed E-state index contributed by atoms with van der Waals surface area (Å²) in [6.07, 6.45) is -2.52. The molecule has 0 aliphatic rings. The van der Waals surface area contributed by atoms with Crippen LogP contribution in [0, 0.1) is 0 Å². The minimum absolute atomic E-state index is 0.0107. The number of hydrogen-bond acceptors (Lipinski definition) is 2. The number of hydrogen-bond donors (Lipinski definition) is 1. The molecule has 0 aliphatic heterocycles. The van der Waals surface area contributed by atoms with Crippen LogP contribution in [0.3, 0.4) is 0 Å². The third-order valence-corrected chi connectivity index (χ3v) is 4.22. The van der Waals surface area contributed by atoms with E-state index in [0.717, 1.165) is 0 Å². The van der Waals surface area contributed by atoms with Gasteiger partial charge >= 0.3 is 0 Å². The van der Waals surface area contributed by atoms with Crippen LogP contribution in [-0.4, -0.2) is 9.30 Å². The largest absolute Gasteiger partial charge is 0.598 e. The minimum Gasteiger partial charge on any atom is -0.598 e. The molecule has 102 valence electrons. The van der Waals surface area contributed by atoms with E-state index < -0.39 is 22.5 Å². The zero-order chi connectivity index (χ0) is 13.9. The maximum absolute atomic E-state index is 12.9. The van der Waals surface area contributed by atoms with Gasteiger partial charge in [-0.25, -0.2) is 8.78 Å². The topological polar surface area (TPSA) is 35.1 Å². The molecule has 2 atom stereocenters. The van der Waals surface area contributed by atoms with Crippen LogP contribution in [0.5, 0.6) is 0 Å². The predicted octanol–water partition coefficient (Wildman–Crippen LogP) is 3.74. The molecule has 1 aromatic carbocycles. The molecule has 0 bridgehead atoms. The van der Waals surface area contributed by atoms with Crippen LogP contribution >= 0.6 is 0 Å². The highest BCUT2D eigenvalue weighted by atomic mass is 32.2. The summed E-state index contributed by atoms with van der Waals surface area (Å²) in [5.41, 5.74) is 0.480. The van der Waals surface area contributed by atoms with Crippen molar-refractivity contribution in [3.05, 3.63) is 35.4 Å². The lowest BCUT2D eigenvalue weighted by Gasteiger charge is -2.27. The Labute approximate surface area is 110 Å². The monoisotopic (exact) mass is 275 g/mol. The van der Waals surface area contributed by atoms with Gasteiger partial charge in [-0.05, 0) is 33.3 Å². The van der Waals surface area contributed by atoms with Crippen molar-refractivity contribution in [2.45, 2.75) is 44.9 Å². The number of alkyl halides is 2. The first kappa shape index (κ1) is 15.4. The minimum atomic E-state index is -2.52. The van der Waals surface area contributed by atoms with Crippen molar-refractivity contribution in [2.75, 3.05) is 0 Å². The van der Waals surface area contributed by atoms with E-state index in [-0.39, 0.29) is 11.6 Å². The quantitative estimate of drug-likeness (QED) is 0.850. The van der Waals surface area contributed by atoms with Crippen molar-refractivity contribution in [2.24, 2.45) is 0 Å². The fourth-order valence-electron chi connectivity index (χ4n) is 1.50. The van der Waals surface area contributed by atoms with E-state index >= 15 is 0 Å². The van der Waals surface area contributed by atoms with Gasteiger partial charge in [-0.15, -0.1) is 4.72 Å². The second-order valence-electron chi connectivity index (χ2n) is 5.15. The normalized spacial score (nSPS) is 15.8. The summed E-state index contributed by atoms with van der Waals surface area (Å²) in [5.74, 6) is 0. The SMILES string of the molecule is CC(N[S+]([O-])C(C)(C)C)c1ccccc1C(F)F. The zero-order valence-corrected chi connectivity index (χ0v) is 11.9. The fraction of sp³-hybridized carbons (Fsp3) is 0.538. The van der Waals surface area contributed by atoms with Gasteiger partial charge in [-0.3, -0.25) is 0 Å². The van der Waals surface area contributed by atoms with E-state index in [1.54, 1.807) is 25.1 Å². The molecular weight excluding hydrogens is 256 g/mol. The van der Waals surface area contributed by atoms with Gasteiger partial charge in [0.1, 0.15) is 4.75 Å². The molecule has 1 aromatic rings. The summed E-state index contributed by atoms with van der Waals surface area (Å²) in [4.78, 5) is 0. The summed E-state index contributed by atoms with van der Waals surface area (Å²) < 4.78 is 40.1. The van der Waals surface area contributed by atoms with Gasteiger partial charge in [-0.2, -0.15) is 0 Å². The molecule has 0 saturated carbocycles. The number of rotatable bonds is 4. The van der Waals surface area contributed by atoms with Crippen LogP contribution in [0.15, 0.2) is 24.3 Å². The summed E-state index contributed by atoms with van der Waals surface area (Å²) in [7, 11) is 0. The number of halogens is 2. The zero-order valence-electron chi connectivity index (χ0n) is 11.0. The summed E-state index contributed by atoms with van der Waals surface area (Å²) in [6, 6.07) is 5.95. The first-order chi connectivity index (χ1) is 8.23. The molecule has 0 aromatic heterocycles. The number of nitrogens with one attached hydrogen (secondary N) is 1. The maximum atomic E-state index is 12.9. The molecule has 0 radical (unpaired) electrons. The van der Waals surface area contributed by atoms with Gasteiger partial charge in [0.25, 0.3) is 6.43 Å². The highest BCUT2D eigenvalue weighted by molar-refractivity contribution is 7.90. The van der Waals surface area contributed by atoms with Crippen molar-refractivity contribution < 1.29 is 13.3 Å². The molecule has 18 heavy (non-hydrogen) atoms. The Bertz CT molecular complexity index is 393. The lowest BCUT2D eigenvalue weighted by molar-refractivity contribution is 0.149. The first-order valence-corrected chi connectivity index (χ1v) is 6.93. The summed E-state index contributed by atoms with van der Waals surface area (Å²) in [5, 5.41) is 0. The molecule has 1 rings (SSSR count). The first-order valence-electron chi connectivity index (χ1n) is 5.78. The van der Waals surface area contributed by atoms with E-state index in [4.69, 9.17) is 0 Å². The standard InChI is InChI=1S/C13H19F2NOS/c1-9(16-18(17)13(2,3)4)10-7-5-6-8-11(10)12(14)15/h5-9,12,16H,1-4H3. The van der Waals surface area contributed by atoms with Crippen LogP contribution in [0.1, 0.15) is 51.3 Å². The Balaban J connectivity index is 2.88. The molecule has 0 amide bonds. The Morgan fingerprint density at radius 2 is 1.67 bits per heavy atom. The van der Waals surface area contributed by atoms with Crippen molar-refractivity contribution in [3.63, 3.8) is 0 Å². The third kappa shape index (κ3) is 3.93. The molecule has 0 saturated heterocycles. The maximum Gasteiger partial charge on any atom is 0.264 e. The molecular formula is C13H19F2NOS. The van der Waals surface area contributed by atoms with Crippen LogP contribution < -0.4 is 4.72 Å². The average Bonchev–Trinajstić information content (AvgIpc) is 2.27. The van der Waals surface area contributed by atoms with Crippen LogP contribution in [0.4, 0.5) is 8.78 Å². The Hall–Kier alpha value is -0.650. The van der Waals surface area contributed by atoms with Crippen molar-refractivity contribution >= 4 is 11.4 Å². The lowest BCUT2D eigenvalue weighted by atomic mass is 10.0. The molecule has 0 heterocycles. The molecule has 2 nitrogen and oxygen atoms in total. The Morgan fingerprint density at radius 3 is 2.11 bits per heavy atom. The van der Waals surface area contributed by atoms with Gasteiger partial charge in [-0.1, -0.05) is 24.3 Å². The third-order valence-electron chi connectivity index (χ3n) is 2.54. The second-order valence-corrected chi connectivity index (χ2v) is 7.15. The molecule has 1 N–H and O–H groups in total. The predicted molar refractivity (Wildman–Crippen MR) is 70.8 cm³/mol. The molecule has 2 unspecified atom stereocenters. The number of benzene rings is 1. The van der Waals surface area contributed by atoms with Gasteiger partial charge < -0.3 is 4.55 Å². The van der Waals surface area contributed by atoms with Crippen molar-refractivity contribution in [3.8, 4) is 0 Å².